The Hall–Kier alpha value is -2.51. The molecule has 0 fully saturated rings. The molecule has 0 atom stereocenters. The average Bonchev–Trinajstić information content (AvgIpc) is 2.47. The predicted octanol–water partition coefficient (Wildman–Crippen LogP) is 3.78. The molecule has 0 heterocycles. The van der Waals surface area contributed by atoms with Crippen molar-refractivity contribution in [2.24, 2.45) is 0 Å². The molecule has 0 aliphatic rings. The Balaban J connectivity index is 2.29. The number of halogens is 1. The molecular formula is C16H13ClN2O2. The second-order valence-corrected chi connectivity index (χ2v) is 4.87. The van der Waals surface area contributed by atoms with Gasteiger partial charge in [0.1, 0.15) is 5.75 Å². The van der Waals surface area contributed by atoms with Crippen molar-refractivity contribution >= 4 is 23.2 Å². The summed E-state index contributed by atoms with van der Waals surface area (Å²) in [5, 5.41) is 12.0. The first-order valence-corrected chi connectivity index (χ1v) is 6.58. The SMILES string of the molecule is COc1cc(C#N)ccc1NC(=O)c1ccc(C)cc1Cl. The summed E-state index contributed by atoms with van der Waals surface area (Å²) in [7, 11) is 1.48. The van der Waals surface area contributed by atoms with E-state index >= 15 is 0 Å². The van der Waals surface area contributed by atoms with E-state index < -0.39 is 0 Å². The molecule has 21 heavy (non-hydrogen) atoms. The third-order valence-corrected chi connectivity index (χ3v) is 3.26. The molecule has 0 unspecified atom stereocenters. The number of carbonyl (C=O) groups is 1. The van der Waals surface area contributed by atoms with Gasteiger partial charge in [-0.1, -0.05) is 17.7 Å². The molecule has 0 saturated carbocycles. The number of carbonyl (C=O) groups excluding carboxylic acids is 1. The standard InChI is InChI=1S/C16H13ClN2O2/c1-10-3-5-12(13(17)7-10)16(20)19-14-6-4-11(9-18)8-15(14)21-2/h3-8H,1-2H3,(H,19,20). The Morgan fingerprint density at radius 2 is 2.05 bits per heavy atom. The fraction of sp³-hybridized carbons (Fsp3) is 0.125. The smallest absolute Gasteiger partial charge is 0.257 e. The second kappa shape index (κ2) is 6.29. The zero-order chi connectivity index (χ0) is 15.4. The van der Waals surface area contributed by atoms with E-state index in [1.54, 1.807) is 30.3 Å². The van der Waals surface area contributed by atoms with Gasteiger partial charge in [-0.15, -0.1) is 0 Å². The van der Waals surface area contributed by atoms with Gasteiger partial charge in [0.05, 0.1) is 35.0 Å². The highest BCUT2D eigenvalue weighted by Gasteiger charge is 2.13. The molecule has 106 valence electrons. The van der Waals surface area contributed by atoms with Gasteiger partial charge in [0.25, 0.3) is 5.91 Å². The first-order valence-electron chi connectivity index (χ1n) is 6.21. The van der Waals surface area contributed by atoms with E-state index in [4.69, 9.17) is 21.6 Å². The van der Waals surface area contributed by atoms with Crippen LogP contribution in [0.25, 0.3) is 0 Å². The summed E-state index contributed by atoms with van der Waals surface area (Å²) in [5.41, 5.74) is 2.30. The molecule has 5 heteroatoms. The number of rotatable bonds is 3. The number of nitrogens with one attached hydrogen (secondary N) is 1. The van der Waals surface area contributed by atoms with Gasteiger partial charge in [0, 0.05) is 6.07 Å². The van der Waals surface area contributed by atoms with Crippen molar-refractivity contribution in [3.8, 4) is 11.8 Å². The normalized spacial score (nSPS) is 9.81. The Kier molecular flexibility index (Phi) is 4.46. The highest BCUT2D eigenvalue weighted by Crippen LogP contribution is 2.27. The third kappa shape index (κ3) is 3.33. The maximum atomic E-state index is 12.3. The van der Waals surface area contributed by atoms with E-state index in [2.05, 4.69) is 5.32 Å². The van der Waals surface area contributed by atoms with Gasteiger partial charge in [-0.3, -0.25) is 4.79 Å². The van der Waals surface area contributed by atoms with E-state index in [-0.39, 0.29) is 5.91 Å². The molecule has 2 aromatic rings. The summed E-state index contributed by atoms with van der Waals surface area (Å²) >= 11 is 6.08. The number of aryl methyl sites for hydroxylation is 1. The molecule has 1 amide bonds. The van der Waals surface area contributed by atoms with Gasteiger partial charge >= 0.3 is 0 Å². The number of hydrogen-bond acceptors (Lipinski definition) is 3. The second-order valence-electron chi connectivity index (χ2n) is 4.46. The lowest BCUT2D eigenvalue weighted by atomic mass is 10.1. The van der Waals surface area contributed by atoms with E-state index in [0.29, 0.717) is 27.6 Å². The maximum absolute atomic E-state index is 12.3. The zero-order valence-corrected chi connectivity index (χ0v) is 12.4. The highest BCUT2D eigenvalue weighted by molar-refractivity contribution is 6.34. The van der Waals surface area contributed by atoms with Gasteiger partial charge in [-0.05, 0) is 36.8 Å². The lowest BCUT2D eigenvalue weighted by molar-refractivity contribution is 0.102. The molecule has 0 bridgehead atoms. The summed E-state index contributed by atoms with van der Waals surface area (Å²) in [6.07, 6.45) is 0. The minimum Gasteiger partial charge on any atom is -0.495 e. The number of anilines is 1. The molecule has 2 aromatic carbocycles. The number of hydrogen-bond donors (Lipinski definition) is 1. The Bertz CT molecular complexity index is 736. The number of amides is 1. The van der Waals surface area contributed by atoms with Crippen LogP contribution in [0, 0.1) is 18.3 Å². The highest BCUT2D eigenvalue weighted by atomic mass is 35.5. The summed E-state index contributed by atoms with van der Waals surface area (Å²) < 4.78 is 5.18. The summed E-state index contributed by atoms with van der Waals surface area (Å²) in [4.78, 5) is 12.3. The van der Waals surface area contributed by atoms with E-state index in [0.717, 1.165) is 5.56 Å². The van der Waals surface area contributed by atoms with Crippen molar-refractivity contribution in [2.75, 3.05) is 12.4 Å². The van der Waals surface area contributed by atoms with Gasteiger partial charge in [0.2, 0.25) is 0 Å². The Morgan fingerprint density at radius 3 is 2.67 bits per heavy atom. The van der Waals surface area contributed by atoms with Crippen LogP contribution in [-0.4, -0.2) is 13.0 Å². The quantitative estimate of drug-likeness (QED) is 0.938. The lowest BCUT2D eigenvalue weighted by Gasteiger charge is -2.11. The van der Waals surface area contributed by atoms with E-state index in [1.807, 2.05) is 19.1 Å². The van der Waals surface area contributed by atoms with E-state index in [9.17, 15) is 4.79 Å². The fourth-order valence-electron chi connectivity index (χ4n) is 1.86. The zero-order valence-electron chi connectivity index (χ0n) is 11.6. The van der Waals surface area contributed by atoms with Crippen LogP contribution in [0.1, 0.15) is 21.5 Å². The van der Waals surface area contributed by atoms with Gasteiger partial charge in [-0.2, -0.15) is 5.26 Å². The summed E-state index contributed by atoms with van der Waals surface area (Å²) in [6, 6.07) is 12.0. The number of benzene rings is 2. The van der Waals surface area contributed by atoms with Crippen molar-refractivity contribution in [2.45, 2.75) is 6.92 Å². The molecule has 0 aliphatic heterocycles. The van der Waals surface area contributed by atoms with Crippen molar-refractivity contribution in [3.05, 3.63) is 58.1 Å². The van der Waals surface area contributed by atoms with Crippen molar-refractivity contribution < 1.29 is 9.53 Å². The van der Waals surface area contributed by atoms with Crippen molar-refractivity contribution in [3.63, 3.8) is 0 Å². The van der Waals surface area contributed by atoms with E-state index in [1.165, 1.54) is 7.11 Å². The molecule has 0 saturated heterocycles. The van der Waals surface area contributed by atoms with Crippen LogP contribution in [-0.2, 0) is 0 Å². The largest absolute Gasteiger partial charge is 0.495 e. The van der Waals surface area contributed by atoms with Crippen LogP contribution < -0.4 is 10.1 Å². The minimum atomic E-state index is -0.331. The van der Waals surface area contributed by atoms with Crippen molar-refractivity contribution in [1.29, 1.82) is 5.26 Å². The number of nitriles is 1. The van der Waals surface area contributed by atoms with Gasteiger partial charge in [-0.25, -0.2) is 0 Å². The van der Waals surface area contributed by atoms with Gasteiger partial charge in [0.15, 0.2) is 0 Å². The van der Waals surface area contributed by atoms with Crippen LogP contribution >= 0.6 is 11.6 Å². The Labute approximate surface area is 127 Å². The first-order chi connectivity index (χ1) is 10.0. The summed E-state index contributed by atoms with van der Waals surface area (Å²) in [5.74, 6) is 0.0913. The molecule has 0 spiro atoms. The Morgan fingerprint density at radius 1 is 1.29 bits per heavy atom. The minimum absolute atomic E-state index is 0.331. The molecule has 0 aliphatic carbocycles. The first kappa shape index (κ1) is 14.9. The molecule has 0 aromatic heterocycles. The van der Waals surface area contributed by atoms with Crippen LogP contribution in [0.3, 0.4) is 0 Å². The molecule has 2 rings (SSSR count). The van der Waals surface area contributed by atoms with Crippen LogP contribution in [0.2, 0.25) is 5.02 Å². The molecule has 0 radical (unpaired) electrons. The third-order valence-electron chi connectivity index (χ3n) is 2.95. The molecule has 4 nitrogen and oxygen atoms in total. The number of ether oxygens (including phenoxy) is 1. The molecular weight excluding hydrogens is 288 g/mol. The van der Waals surface area contributed by atoms with Gasteiger partial charge < -0.3 is 10.1 Å². The monoisotopic (exact) mass is 300 g/mol. The maximum Gasteiger partial charge on any atom is 0.257 e. The van der Waals surface area contributed by atoms with Crippen LogP contribution in [0.5, 0.6) is 5.75 Å². The predicted molar refractivity (Wildman–Crippen MR) is 81.9 cm³/mol. The van der Waals surface area contributed by atoms with Crippen LogP contribution in [0.15, 0.2) is 36.4 Å². The van der Waals surface area contributed by atoms with Crippen LogP contribution in [0.4, 0.5) is 5.69 Å². The lowest BCUT2D eigenvalue weighted by Crippen LogP contribution is -2.13. The van der Waals surface area contributed by atoms with Crippen molar-refractivity contribution in [1.82, 2.24) is 0 Å². The summed E-state index contributed by atoms with van der Waals surface area (Å²) in [6.45, 7) is 1.90. The molecule has 1 N–H and O–H groups in total. The number of methoxy groups -OCH3 is 1. The fourth-order valence-corrected chi connectivity index (χ4v) is 2.18. The average molecular weight is 301 g/mol. The topological polar surface area (TPSA) is 62.1 Å². The number of nitrogens with zero attached hydrogens (tertiary/aromatic N) is 1.